The SMILES string of the molecule is COc1ccc(CNC(=O)C(=Cc2cccs2)c2ccccc2)cc1. The number of methoxy groups -OCH3 is 1. The van der Waals surface area contributed by atoms with E-state index in [1.807, 2.05) is 78.2 Å². The molecule has 0 aliphatic carbocycles. The Labute approximate surface area is 151 Å². The number of ether oxygens (including phenoxy) is 1. The highest BCUT2D eigenvalue weighted by molar-refractivity contribution is 7.11. The fourth-order valence-corrected chi connectivity index (χ4v) is 3.09. The average Bonchev–Trinajstić information content (AvgIpc) is 3.18. The molecule has 2 aromatic carbocycles. The van der Waals surface area contributed by atoms with Crippen LogP contribution in [0.5, 0.6) is 5.75 Å². The van der Waals surface area contributed by atoms with Crippen molar-refractivity contribution >= 4 is 28.9 Å². The first-order chi connectivity index (χ1) is 12.3. The molecule has 126 valence electrons. The highest BCUT2D eigenvalue weighted by atomic mass is 32.1. The van der Waals surface area contributed by atoms with Crippen LogP contribution in [0, 0.1) is 0 Å². The maximum atomic E-state index is 12.8. The van der Waals surface area contributed by atoms with E-state index in [1.165, 1.54) is 0 Å². The van der Waals surface area contributed by atoms with Crippen LogP contribution < -0.4 is 10.1 Å². The zero-order chi connectivity index (χ0) is 17.5. The van der Waals surface area contributed by atoms with E-state index in [0.717, 1.165) is 21.8 Å². The number of amides is 1. The van der Waals surface area contributed by atoms with Crippen molar-refractivity contribution < 1.29 is 9.53 Å². The Morgan fingerprint density at radius 1 is 1.04 bits per heavy atom. The molecule has 0 saturated carbocycles. The number of nitrogens with one attached hydrogen (secondary N) is 1. The van der Waals surface area contributed by atoms with E-state index in [1.54, 1.807) is 18.4 Å². The van der Waals surface area contributed by atoms with Gasteiger partial charge in [0.2, 0.25) is 0 Å². The summed E-state index contributed by atoms with van der Waals surface area (Å²) in [6.07, 6.45) is 1.93. The van der Waals surface area contributed by atoms with Crippen molar-refractivity contribution in [3.8, 4) is 5.75 Å². The second-order valence-electron chi connectivity index (χ2n) is 5.47. The summed E-state index contributed by atoms with van der Waals surface area (Å²) in [5, 5.41) is 5.01. The molecule has 0 saturated heterocycles. The Hall–Kier alpha value is -2.85. The van der Waals surface area contributed by atoms with Crippen LogP contribution in [0.25, 0.3) is 11.6 Å². The second kappa shape index (κ2) is 8.31. The lowest BCUT2D eigenvalue weighted by Gasteiger charge is -2.10. The number of hydrogen-bond acceptors (Lipinski definition) is 3. The van der Waals surface area contributed by atoms with Crippen molar-refractivity contribution in [3.05, 3.63) is 88.1 Å². The third-order valence-electron chi connectivity index (χ3n) is 3.77. The summed E-state index contributed by atoms with van der Waals surface area (Å²) in [6.45, 7) is 0.470. The number of carbonyl (C=O) groups excluding carboxylic acids is 1. The molecule has 1 N–H and O–H groups in total. The summed E-state index contributed by atoms with van der Waals surface area (Å²) in [5.74, 6) is 0.716. The minimum absolute atomic E-state index is 0.0876. The lowest BCUT2D eigenvalue weighted by Crippen LogP contribution is -2.23. The molecule has 0 atom stereocenters. The van der Waals surface area contributed by atoms with E-state index < -0.39 is 0 Å². The Balaban J connectivity index is 1.77. The molecule has 1 heterocycles. The quantitative estimate of drug-likeness (QED) is 0.660. The fraction of sp³-hybridized carbons (Fsp3) is 0.0952. The molecule has 0 bridgehead atoms. The number of rotatable bonds is 6. The second-order valence-corrected chi connectivity index (χ2v) is 6.45. The average molecular weight is 349 g/mol. The molecule has 3 rings (SSSR count). The van der Waals surface area contributed by atoms with E-state index in [4.69, 9.17) is 4.74 Å². The van der Waals surface area contributed by atoms with Gasteiger partial charge in [0, 0.05) is 17.0 Å². The van der Waals surface area contributed by atoms with Crippen molar-refractivity contribution in [1.82, 2.24) is 5.32 Å². The largest absolute Gasteiger partial charge is 0.497 e. The van der Waals surface area contributed by atoms with Gasteiger partial charge in [-0.1, -0.05) is 48.5 Å². The van der Waals surface area contributed by atoms with E-state index in [9.17, 15) is 4.79 Å². The minimum atomic E-state index is -0.0876. The van der Waals surface area contributed by atoms with Gasteiger partial charge >= 0.3 is 0 Å². The predicted octanol–water partition coefficient (Wildman–Crippen LogP) is 4.61. The fourth-order valence-electron chi connectivity index (χ4n) is 2.43. The summed E-state index contributed by atoms with van der Waals surface area (Å²) in [5.41, 5.74) is 2.59. The molecule has 0 spiro atoms. The molecule has 0 fully saturated rings. The smallest absolute Gasteiger partial charge is 0.252 e. The molecule has 4 heteroatoms. The monoisotopic (exact) mass is 349 g/mol. The topological polar surface area (TPSA) is 38.3 Å². The summed E-state index contributed by atoms with van der Waals surface area (Å²) in [4.78, 5) is 13.8. The molecule has 0 unspecified atom stereocenters. The first kappa shape index (κ1) is 17.0. The molecule has 0 radical (unpaired) electrons. The van der Waals surface area contributed by atoms with Gasteiger partial charge in [0.25, 0.3) is 5.91 Å². The van der Waals surface area contributed by atoms with Crippen LogP contribution in [0.3, 0.4) is 0 Å². The van der Waals surface area contributed by atoms with Gasteiger partial charge in [-0.3, -0.25) is 4.79 Å². The third-order valence-corrected chi connectivity index (χ3v) is 4.59. The van der Waals surface area contributed by atoms with Crippen LogP contribution in [-0.2, 0) is 11.3 Å². The van der Waals surface area contributed by atoms with Gasteiger partial charge in [-0.25, -0.2) is 0 Å². The molecule has 0 aliphatic heterocycles. The van der Waals surface area contributed by atoms with Gasteiger partial charge < -0.3 is 10.1 Å². The summed E-state index contributed by atoms with van der Waals surface area (Å²) >= 11 is 1.61. The first-order valence-electron chi connectivity index (χ1n) is 7.98. The molecule has 3 nitrogen and oxygen atoms in total. The van der Waals surface area contributed by atoms with Crippen molar-refractivity contribution in [2.45, 2.75) is 6.54 Å². The summed E-state index contributed by atoms with van der Waals surface area (Å²) in [6, 6.07) is 21.4. The molecular formula is C21H19NO2S. The number of benzene rings is 2. The van der Waals surface area contributed by atoms with Crippen LogP contribution >= 0.6 is 11.3 Å². The third kappa shape index (κ3) is 4.58. The Kier molecular flexibility index (Phi) is 5.65. The summed E-state index contributed by atoms with van der Waals surface area (Å²) < 4.78 is 5.15. The van der Waals surface area contributed by atoms with Crippen molar-refractivity contribution in [1.29, 1.82) is 0 Å². The highest BCUT2D eigenvalue weighted by Gasteiger charge is 2.12. The van der Waals surface area contributed by atoms with E-state index in [-0.39, 0.29) is 5.91 Å². The molecule has 25 heavy (non-hydrogen) atoms. The van der Waals surface area contributed by atoms with Crippen LogP contribution in [0.2, 0.25) is 0 Å². The zero-order valence-corrected chi connectivity index (χ0v) is 14.8. The molecule has 1 aromatic heterocycles. The standard InChI is InChI=1S/C21H19NO2S/c1-24-18-11-9-16(10-12-18)15-22-21(23)20(14-19-8-5-13-25-19)17-6-3-2-4-7-17/h2-14H,15H2,1H3,(H,22,23). The van der Waals surface area contributed by atoms with E-state index in [2.05, 4.69) is 5.32 Å². The van der Waals surface area contributed by atoms with Crippen molar-refractivity contribution in [2.75, 3.05) is 7.11 Å². The predicted molar refractivity (Wildman–Crippen MR) is 103 cm³/mol. The Morgan fingerprint density at radius 2 is 1.80 bits per heavy atom. The maximum absolute atomic E-state index is 12.8. The lowest BCUT2D eigenvalue weighted by molar-refractivity contribution is -0.115. The van der Waals surface area contributed by atoms with Crippen LogP contribution in [0.15, 0.2) is 72.1 Å². The van der Waals surface area contributed by atoms with Gasteiger partial charge in [-0.05, 0) is 40.8 Å². The molecular weight excluding hydrogens is 330 g/mol. The molecule has 1 amide bonds. The number of carbonyl (C=O) groups is 1. The number of hydrogen-bond donors (Lipinski definition) is 1. The Bertz CT molecular complexity index is 837. The first-order valence-corrected chi connectivity index (χ1v) is 8.86. The van der Waals surface area contributed by atoms with Gasteiger partial charge in [-0.2, -0.15) is 0 Å². The van der Waals surface area contributed by atoms with Gasteiger partial charge in [0.1, 0.15) is 5.75 Å². The van der Waals surface area contributed by atoms with E-state index in [0.29, 0.717) is 12.1 Å². The maximum Gasteiger partial charge on any atom is 0.252 e. The van der Waals surface area contributed by atoms with Gasteiger partial charge in [-0.15, -0.1) is 11.3 Å². The van der Waals surface area contributed by atoms with Crippen LogP contribution in [-0.4, -0.2) is 13.0 Å². The van der Waals surface area contributed by atoms with Crippen molar-refractivity contribution in [2.24, 2.45) is 0 Å². The van der Waals surface area contributed by atoms with Crippen LogP contribution in [0.1, 0.15) is 16.0 Å². The highest BCUT2D eigenvalue weighted by Crippen LogP contribution is 2.21. The normalized spacial score (nSPS) is 11.2. The molecule has 0 aliphatic rings. The van der Waals surface area contributed by atoms with E-state index >= 15 is 0 Å². The van der Waals surface area contributed by atoms with Crippen molar-refractivity contribution in [3.63, 3.8) is 0 Å². The minimum Gasteiger partial charge on any atom is -0.497 e. The van der Waals surface area contributed by atoms with Gasteiger partial charge in [0.05, 0.1) is 7.11 Å². The Morgan fingerprint density at radius 3 is 2.44 bits per heavy atom. The number of thiophene rings is 1. The molecule has 3 aromatic rings. The lowest BCUT2D eigenvalue weighted by atomic mass is 10.0. The summed E-state index contributed by atoms with van der Waals surface area (Å²) in [7, 11) is 1.64. The van der Waals surface area contributed by atoms with Gasteiger partial charge in [0.15, 0.2) is 0 Å². The zero-order valence-electron chi connectivity index (χ0n) is 13.9. The van der Waals surface area contributed by atoms with Crippen LogP contribution in [0.4, 0.5) is 0 Å².